The number of rotatable bonds is 2. The summed E-state index contributed by atoms with van der Waals surface area (Å²) >= 11 is 1.42. The second-order valence-electron chi connectivity index (χ2n) is 5.85. The van der Waals surface area contributed by atoms with Crippen molar-refractivity contribution < 1.29 is 4.79 Å². The minimum atomic E-state index is -0.117. The number of carbonyl (C=O) groups excluding carboxylic acids is 1. The Hall–Kier alpha value is -2.67. The molecule has 4 rings (SSSR count). The van der Waals surface area contributed by atoms with Gasteiger partial charge in [-0.25, -0.2) is 9.78 Å². The summed E-state index contributed by atoms with van der Waals surface area (Å²) in [4.78, 5) is 18.6. The van der Waals surface area contributed by atoms with Crippen molar-refractivity contribution >= 4 is 22.5 Å². The second kappa shape index (κ2) is 6.09. The molecule has 3 heterocycles. The van der Waals surface area contributed by atoms with Gasteiger partial charge in [0.1, 0.15) is 0 Å². The van der Waals surface area contributed by atoms with E-state index >= 15 is 0 Å². The molecule has 122 valence electrons. The maximum atomic E-state index is 12.6. The zero-order chi connectivity index (χ0) is 16.5. The minimum Gasteiger partial charge on any atom is -0.319 e. The SMILES string of the molecule is Cn1cc([C@@H]2CN(C(=O)Nc3nccs3)Cc3ccccc32)cn1. The Bertz CT molecular complexity index is 858. The van der Waals surface area contributed by atoms with Crippen LogP contribution in [-0.2, 0) is 13.6 Å². The summed E-state index contributed by atoms with van der Waals surface area (Å²) < 4.78 is 1.80. The fraction of sp³-hybridized carbons (Fsp3) is 0.235. The van der Waals surface area contributed by atoms with Crippen LogP contribution < -0.4 is 5.32 Å². The van der Waals surface area contributed by atoms with Gasteiger partial charge < -0.3 is 4.90 Å². The van der Waals surface area contributed by atoms with Crippen molar-refractivity contribution in [2.75, 3.05) is 11.9 Å². The van der Waals surface area contributed by atoms with Gasteiger partial charge in [-0.2, -0.15) is 5.10 Å². The molecule has 0 unspecified atom stereocenters. The van der Waals surface area contributed by atoms with E-state index in [9.17, 15) is 4.79 Å². The number of nitrogens with zero attached hydrogens (tertiary/aromatic N) is 4. The van der Waals surface area contributed by atoms with Crippen LogP contribution in [0.4, 0.5) is 9.93 Å². The van der Waals surface area contributed by atoms with Crippen molar-refractivity contribution in [1.82, 2.24) is 19.7 Å². The number of anilines is 1. The van der Waals surface area contributed by atoms with Gasteiger partial charge in [-0.15, -0.1) is 11.3 Å². The van der Waals surface area contributed by atoms with Crippen LogP contribution in [0.2, 0.25) is 0 Å². The van der Waals surface area contributed by atoms with Crippen molar-refractivity contribution in [2.45, 2.75) is 12.5 Å². The van der Waals surface area contributed by atoms with Crippen LogP contribution in [0, 0.1) is 0 Å². The highest BCUT2D eigenvalue weighted by molar-refractivity contribution is 7.13. The lowest BCUT2D eigenvalue weighted by Crippen LogP contribution is -2.41. The highest BCUT2D eigenvalue weighted by atomic mass is 32.1. The largest absolute Gasteiger partial charge is 0.323 e. The van der Waals surface area contributed by atoms with Crippen molar-refractivity contribution in [3.05, 3.63) is 64.9 Å². The van der Waals surface area contributed by atoms with Crippen LogP contribution >= 0.6 is 11.3 Å². The average Bonchev–Trinajstić information content (AvgIpc) is 3.25. The Morgan fingerprint density at radius 2 is 2.25 bits per heavy atom. The quantitative estimate of drug-likeness (QED) is 0.780. The molecule has 0 bridgehead atoms. The monoisotopic (exact) mass is 339 g/mol. The Labute approximate surface area is 143 Å². The summed E-state index contributed by atoms with van der Waals surface area (Å²) in [6.07, 6.45) is 5.58. The Kier molecular flexibility index (Phi) is 3.78. The standard InChI is InChI=1S/C17H17N5OS/c1-21-9-13(8-19-21)15-11-22(10-12-4-2-3-5-14(12)15)17(23)20-16-18-6-7-24-16/h2-9,15H,10-11H2,1H3,(H,18,20,23)/t15-/m0/s1. The average molecular weight is 339 g/mol. The molecule has 1 aliphatic heterocycles. The smallest absolute Gasteiger partial charge is 0.319 e. The highest BCUT2D eigenvalue weighted by Gasteiger charge is 2.30. The number of aryl methyl sites for hydroxylation is 1. The highest BCUT2D eigenvalue weighted by Crippen LogP contribution is 2.33. The molecule has 7 heteroatoms. The number of amides is 2. The van der Waals surface area contributed by atoms with Crippen molar-refractivity contribution in [1.29, 1.82) is 0 Å². The molecule has 1 N–H and O–H groups in total. The zero-order valence-corrected chi connectivity index (χ0v) is 14.0. The Morgan fingerprint density at radius 3 is 3.00 bits per heavy atom. The van der Waals surface area contributed by atoms with E-state index in [1.165, 1.54) is 22.5 Å². The molecule has 6 nitrogen and oxygen atoms in total. The van der Waals surface area contributed by atoms with Crippen LogP contribution in [-0.4, -0.2) is 32.2 Å². The molecule has 2 aromatic heterocycles. The third kappa shape index (κ3) is 2.78. The van der Waals surface area contributed by atoms with E-state index in [2.05, 4.69) is 27.5 Å². The van der Waals surface area contributed by atoms with Crippen LogP contribution in [0.15, 0.2) is 48.2 Å². The van der Waals surface area contributed by atoms with Crippen LogP contribution in [0.3, 0.4) is 0 Å². The molecular weight excluding hydrogens is 322 g/mol. The van der Waals surface area contributed by atoms with Gasteiger partial charge in [-0.3, -0.25) is 10.00 Å². The topological polar surface area (TPSA) is 63.1 Å². The number of nitrogens with one attached hydrogen (secondary N) is 1. The van der Waals surface area contributed by atoms with Crippen molar-refractivity contribution in [2.24, 2.45) is 7.05 Å². The number of thiazole rings is 1. The fourth-order valence-electron chi connectivity index (χ4n) is 3.12. The molecule has 1 aromatic carbocycles. The summed E-state index contributed by atoms with van der Waals surface area (Å²) in [5, 5.41) is 9.63. The molecule has 0 saturated carbocycles. The third-order valence-corrected chi connectivity index (χ3v) is 4.94. The van der Waals surface area contributed by atoms with Gasteiger partial charge in [0.25, 0.3) is 0 Å². The molecule has 0 aliphatic carbocycles. The lowest BCUT2D eigenvalue weighted by Gasteiger charge is -2.34. The summed E-state index contributed by atoms with van der Waals surface area (Å²) in [7, 11) is 1.91. The minimum absolute atomic E-state index is 0.117. The number of aromatic nitrogens is 3. The van der Waals surface area contributed by atoms with E-state index < -0.39 is 0 Å². The zero-order valence-electron chi connectivity index (χ0n) is 13.2. The predicted molar refractivity (Wildman–Crippen MR) is 93.0 cm³/mol. The lowest BCUT2D eigenvalue weighted by atomic mass is 9.86. The van der Waals surface area contributed by atoms with Gasteiger partial charge in [0.05, 0.1) is 6.20 Å². The molecular formula is C17H17N5OS. The molecule has 0 spiro atoms. The lowest BCUT2D eigenvalue weighted by molar-refractivity contribution is 0.203. The van der Waals surface area contributed by atoms with E-state index in [0.29, 0.717) is 18.2 Å². The van der Waals surface area contributed by atoms with Crippen LogP contribution in [0.5, 0.6) is 0 Å². The number of benzene rings is 1. The first-order valence-electron chi connectivity index (χ1n) is 7.72. The Balaban J connectivity index is 1.63. The molecule has 0 saturated heterocycles. The van der Waals surface area contributed by atoms with E-state index in [4.69, 9.17) is 0 Å². The second-order valence-corrected chi connectivity index (χ2v) is 6.74. The maximum absolute atomic E-state index is 12.6. The number of urea groups is 1. The third-order valence-electron chi connectivity index (χ3n) is 4.26. The molecule has 1 aliphatic rings. The summed E-state index contributed by atoms with van der Waals surface area (Å²) in [5.74, 6) is 0.130. The van der Waals surface area contributed by atoms with Gasteiger partial charge in [-0.05, 0) is 16.7 Å². The summed E-state index contributed by atoms with van der Waals surface area (Å²) in [6, 6.07) is 8.17. The van der Waals surface area contributed by atoms with Crippen LogP contribution in [0.1, 0.15) is 22.6 Å². The van der Waals surface area contributed by atoms with E-state index in [1.807, 2.05) is 41.9 Å². The van der Waals surface area contributed by atoms with E-state index in [1.54, 1.807) is 10.9 Å². The number of carbonyl (C=O) groups is 1. The first-order chi connectivity index (χ1) is 11.7. The first kappa shape index (κ1) is 14.9. The summed E-state index contributed by atoms with van der Waals surface area (Å²) in [6.45, 7) is 1.23. The molecule has 1 atom stereocenters. The van der Waals surface area contributed by atoms with Gasteiger partial charge >= 0.3 is 6.03 Å². The molecule has 0 fully saturated rings. The number of fused-ring (bicyclic) bond motifs is 1. The molecule has 0 radical (unpaired) electrons. The van der Waals surface area contributed by atoms with Crippen LogP contribution in [0.25, 0.3) is 0 Å². The molecule has 2 amide bonds. The number of hydrogen-bond acceptors (Lipinski definition) is 4. The summed E-state index contributed by atoms with van der Waals surface area (Å²) in [5.41, 5.74) is 3.56. The number of hydrogen-bond donors (Lipinski definition) is 1. The van der Waals surface area contributed by atoms with Gasteiger partial charge in [0.15, 0.2) is 5.13 Å². The fourth-order valence-corrected chi connectivity index (χ4v) is 3.64. The van der Waals surface area contributed by atoms with Crippen molar-refractivity contribution in [3.63, 3.8) is 0 Å². The maximum Gasteiger partial charge on any atom is 0.323 e. The van der Waals surface area contributed by atoms with E-state index in [0.717, 1.165) is 5.56 Å². The first-order valence-corrected chi connectivity index (χ1v) is 8.60. The van der Waals surface area contributed by atoms with Crippen molar-refractivity contribution in [3.8, 4) is 0 Å². The van der Waals surface area contributed by atoms with Gasteiger partial charge in [-0.1, -0.05) is 24.3 Å². The van der Waals surface area contributed by atoms with Gasteiger partial charge in [0.2, 0.25) is 0 Å². The Morgan fingerprint density at radius 1 is 1.38 bits per heavy atom. The van der Waals surface area contributed by atoms with Gasteiger partial charge in [0, 0.05) is 43.8 Å². The molecule has 24 heavy (non-hydrogen) atoms. The molecule has 3 aromatic rings. The predicted octanol–water partition coefficient (Wildman–Crippen LogP) is 3.06. The normalized spacial score (nSPS) is 16.7. The van der Waals surface area contributed by atoms with E-state index in [-0.39, 0.29) is 11.9 Å².